The van der Waals surface area contributed by atoms with E-state index in [-0.39, 0.29) is 6.61 Å². The van der Waals surface area contributed by atoms with Crippen LogP contribution in [-0.2, 0) is 13.0 Å². The number of rotatable bonds is 4. The zero-order chi connectivity index (χ0) is 9.68. The summed E-state index contributed by atoms with van der Waals surface area (Å²) >= 11 is 3.41. The van der Waals surface area contributed by atoms with Crippen molar-refractivity contribution in [2.24, 2.45) is 0 Å². The first-order valence-electron chi connectivity index (χ1n) is 4.53. The fourth-order valence-corrected chi connectivity index (χ4v) is 1.68. The summed E-state index contributed by atoms with van der Waals surface area (Å²) in [5.74, 6) is 0. The third kappa shape index (κ3) is 3.12. The van der Waals surface area contributed by atoms with Gasteiger partial charge in [-0.15, -0.1) is 0 Å². The van der Waals surface area contributed by atoms with E-state index in [4.69, 9.17) is 5.11 Å². The SMILES string of the molecule is Cc1ccc(CCCBr)c(CO)c1. The first-order valence-corrected chi connectivity index (χ1v) is 5.65. The molecular weight excluding hydrogens is 228 g/mol. The molecule has 0 unspecified atom stereocenters. The molecule has 0 aliphatic heterocycles. The molecule has 1 aromatic carbocycles. The van der Waals surface area contributed by atoms with E-state index >= 15 is 0 Å². The highest BCUT2D eigenvalue weighted by atomic mass is 79.9. The third-order valence-electron chi connectivity index (χ3n) is 2.11. The summed E-state index contributed by atoms with van der Waals surface area (Å²) < 4.78 is 0. The number of alkyl halides is 1. The summed E-state index contributed by atoms with van der Waals surface area (Å²) in [7, 11) is 0. The molecule has 0 saturated carbocycles. The first kappa shape index (κ1) is 10.7. The Hall–Kier alpha value is -0.340. The zero-order valence-corrected chi connectivity index (χ0v) is 9.47. The van der Waals surface area contributed by atoms with Gasteiger partial charge < -0.3 is 5.11 Å². The van der Waals surface area contributed by atoms with Crippen LogP contribution < -0.4 is 0 Å². The maximum Gasteiger partial charge on any atom is 0.0684 e. The highest BCUT2D eigenvalue weighted by molar-refractivity contribution is 9.09. The van der Waals surface area contributed by atoms with Crippen LogP contribution in [0.25, 0.3) is 0 Å². The molecule has 0 amide bonds. The van der Waals surface area contributed by atoms with Crippen molar-refractivity contribution in [2.75, 3.05) is 5.33 Å². The van der Waals surface area contributed by atoms with Crippen LogP contribution in [0.15, 0.2) is 18.2 Å². The number of halogens is 1. The topological polar surface area (TPSA) is 20.2 Å². The monoisotopic (exact) mass is 242 g/mol. The van der Waals surface area contributed by atoms with Crippen LogP contribution in [0.1, 0.15) is 23.1 Å². The van der Waals surface area contributed by atoms with Gasteiger partial charge in [-0.1, -0.05) is 39.7 Å². The summed E-state index contributed by atoms with van der Waals surface area (Å²) in [5, 5.41) is 10.2. The van der Waals surface area contributed by atoms with Crippen LogP contribution in [-0.4, -0.2) is 10.4 Å². The van der Waals surface area contributed by atoms with Gasteiger partial charge in [0.15, 0.2) is 0 Å². The highest BCUT2D eigenvalue weighted by Gasteiger charge is 2.00. The van der Waals surface area contributed by atoms with E-state index in [9.17, 15) is 0 Å². The molecule has 0 spiro atoms. The molecule has 0 radical (unpaired) electrons. The van der Waals surface area contributed by atoms with Crippen molar-refractivity contribution in [1.29, 1.82) is 0 Å². The minimum absolute atomic E-state index is 0.152. The van der Waals surface area contributed by atoms with E-state index in [0.29, 0.717) is 0 Å². The Balaban J connectivity index is 2.79. The third-order valence-corrected chi connectivity index (χ3v) is 2.67. The van der Waals surface area contributed by atoms with E-state index in [1.165, 1.54) is 11.1 Å². The van der Waals surface area contributed by atoms with Gasteiger partial charge in [0.2, 0.25) is 0 Å². The standard InChI is InChI=1S/C11H15BrO/c1-9-4-5-10(3-2-6-12)11(7-9)8-13/h4-5,7,13H,2-3,6,8H2,1H3. The van der Waals surface area contributed by atoms with Crippen molar-refractivity contribution in [1.82, 2.24) is 0 Å². The van der Waals surface area contributed by atoms with Gasteiger partial charge in [0.05, 0.1) is 6.61 Å². The van der Waals surface area contributed by atoms with Gasteiger partial charge in [0, 0.05) is 5.33 Å². The van der Waals surface area contributed by atoms with Crippen LogP contribution in [0.5, 0.6) is 0 Å². The number of aryl methyl sites for hydroxylation is 2. The summed E-state index contributed by atoms with van der Waals surface area (Å²) in [5.41, 5.74) is 3.56. The quantitative estimate of drug-likeness (QED) is 0.806. The smallest absolute Gasteiger partial charge is 0.0684 e. The summed E-state index contributed by atoms with van der Waals surface area (Å²) in [4.78, 5) is 0. The van der Waals surface area contributed by atoms with Crippen LogP contribution in [0.3, 0.4) is 0 Å². The van der Waals surface area contributed by atoms with Gasteiger partial charge in [0.1, 0.15) is 0 Å². The van der Waals surface area contributed by atoms with E-state index in [1.807, 2.05) is 6.92 Å². The Morgan fingerprint density at radius 2 is 2.08 bits per heavy atom. The molecule has 13 heavy (non-hydrogen) atoms. The second-order valence-corrected chi connectivity index (χ2v) is 4.02. The van der Waals surface area contributed by atoms with Crippen molar-refractivity contribution in [3.8, 4) is 0 Å². The van der Waals surface area contributed by atoms with E-state index in [0.717, 1.165) is 23.7 Å². The maximum atomic E-state index is 9.13. The van der Waals surface area contributed by atoms with Crippen molar-refractivity contribution in [3.05, 3.63) is 34.9 Å². The van der Waals surface area contributed by atoms with Crippen LogP contribution >= 0.6 is 15.9 Å². The van der Waals surface area contributed by atoms with Crippen LogP contribution in [0.4, 0.5) is 0 Å². The number of hydrogen-bond acceptors (Lipinski definition) is 1. The maximum absolute atomic E-state index is 9.13. The lowest BCUT2D eigenvalue weighted by Gasteiger charge is -2.07. The van der Waals surface area contributed by atoms with Gasteiger partial charge in [-0.05, 0) is 30.9 Å². The Kier molecular flexibility index (Phi) is 4.46. The lowest BCUT2D eigenvalue weighted by molar-refractivity contribution is 0.280. The van der Waals surface area contributed by atoms with Gasteiger partial charge in [0.25, 0.3) is 0 Å². The van der Waals surface area contributed by atoms with Crippen molar-refractivity contribution in [3.63, 3.8) is 0 Å². The van der Waals surface area contributed by atoms with Gasteiger partial charge in [-0.2, -0.15) is 0 Å². The van der Waals surface area contributed by atoms with Crippen LogP contribution in [0.2, 0.25) is 0 Å². The summed E-state index contributed by atoms with van der Waals surface area (Å²) in [6, 6.07) is 6.27. The van der Waals surface area contributed by atoms with Gasteiger partial charge >= 0.3 is 0 Å². The highest BCUT2D eigenvalue weighted by Crippen LogP contribution is 2.14. The molecular formula is C11H15BrO. The van der Waals surface area contributed by atoms with E-state index < -0.39 is 0 Å². The van der Waals surface area contributed by atoms with Crippen molar-refractivity contribution in [2.45, 2.75) is 26.4 Å². The van der Waals surface area contributed by atoms with Crippen molar-refractivity contribution >= 4 is 15.9 Å². The molecule has 72 valence electrons. The largest absolute Gasteiger partial charge is 0.392 e. The number of aliphatic hydroxyl groups excluding tert-OH is 1. The molecule has 0 aliphatic carbocycles. The average molecular weight is 243 g/mol. The Bertz CT molecular complexity index is 271. The second kappa shape index (κ2) is 5.40. The predicted octanol–water partition coefficient (Wildman–Crippen LogP) is 2.81. The average Bonchev–Trinajstić information content (AvgIpc) is 2.16. The first-order chi connectivity index (χ1) is 6.27. The normalized spacial score (nSPS) is 10.4. The lowest BCUT2D eigenvalue weighted by atomic mass is 10.0. The van der Waals surface area contributed by atoms with Gasteiger partial charge in [-0.3, -0.25) is 0 Å². The molecule has 0 bridgehead atoms. The molecule has 1 N–H and O–H groups in total. The molecule has 0 saturated heterocycles. The summed E-state index contributed by atoms with van der Waals surface area (Å²) in [6.07, 6.45) is 2.16. The van der Waals surface area contributed by atoms with Crippen LogP contribution in [0, 0.1) is 6.92 Å². The minimum atomic E-state index is 0.152. The molecule has 1 aromatic rings. The van der Waals surface area contributed by atoms with E-state index in [1.54, 1.807) is 0 Å². The fourth-order valence-electron chi connectivity index (χ4n) is 1.40. The molecule has 0 aliphatic rings. The minimum Gasteiger partial charge on any atom is -0.392 e. The molecule has 0 fully saturated rings. The molecule has 0 atom stereocenters. The number of hydrogen-bond donors (Lipinski definition) is 1. The Labute approximate surface area is 87.9 Å². The molecule has 1 nitrogen and oxygen atoms in total. The number of benzene rings is 1. The van der Waals surface area contributed by atoms with Crippen molar-refractivity contribution < 1.29 is 5.11 Å². The zero-order valence-electron chi connectivity index (χ0n) is 7.89. The number of aliphatic hydroxyl groups is 1. The fraction of sp³-hybridized carbons (Fsp3) is 0.455. The van der Waals surface area contributed by atoms with Gasteiger partial charge in [-0.25, -0.2) is 0 Å². The molecule has 2 heteroatoms. The lowest BCUT2D eigenvalue weighted by Crippen LogP contribution is -1.95. The van der Waals surface area contributed by atoms with E-state index in [2.05, 4.69) is 34.1 Å². The Morgan fingerprint density at radius 1 is 1.31 bits per heavy atom. The summed E-state index contributed by atoms with van der Waals surface area (Å²) in [6.45, 7) is 2.20. The Morgan fingerprint density at radius 3 is 2.69 bits per heavy atom. The second-order valence-electron chi connectivity index (χ2n) is 3.22. The molecule has 0 heterocycles. The molecule has 0 aromatic heterocycles. The predicted molar refractivity (Wildman–Crippen MR) is 59.2 cm³/mol. The molecule has 1 rings (SSSR count).